The Labute approximate surface area is 122 Å². The fraction of sp³-hybridized carbons (Fsp3) is 0.533. The van der Waals surface area contributed by atoms with Crippen LogP contribution < -0.4 is 5.43 Å². The first kappa shape index (κ1) is 15.6. The molecule has 0 aliphatic carbocycles. The molecule has 2 rings (SSSR count). The molecule has 2 atom stereocenters. The van der Waals surface area contributed by atoms with E-state index in [-0.39, 0.29) is 5.56 Å². The Hall–Kier alpha value is -1.74. The zero-order valence-corrected chi connectivity index (χ0v) is 12.0. The predicted molar refractivity (Wildman–Crippen MR) is 74.4 cm³/mol. The molecule has 2 unspecified atom stereocenters. The molecule has 1 N–H and O–H groups in total. The lowest BCUT2D eigenvalue weighted by molar-refractivity contribution is -0.137. The first-order chi connectivity index (χ1) is 9.82. The van der Waals surface area contributed by atoms with E-state index >= 15 is 0 Å². The Morgan fingerprint density at radius 3 is 2.38 bits per heavy atom. The second-order valence-electron chi connectivity index (χ2n) is 5.52. The molecule has 1 aromatic rings. The zero-order chi connectivity index (χ0) is 15.6. The SMILES string of the molecule is CC1CCCC(C)N1Nc1ccc(C(F)(F)F)c(C#N)c1. The summed E-state index contributed by atoms with van der Waals surface area (Å²) in [6, 6.07) is 5.83. The predicted octanol–water partition coefficient (Wildman–Crippen LogP) is 4.17. The lowest BCUT2D eigenvalue weighted by atomic mass is 10.00. The lowest BCUT2D eigenvalue weighted by Crippen LogP contribution is -2.47. The number of halogens is 3. The minimum atomic E-state index is -4.50. The fourth-order valence-corrected chi connectivity index (χ4v) is 2.74. The van der Waals surface area contributed by atoms with E-state index in [1.54, 1.807) is 6.07 Å². The standard InChI is InChI=1S/C15H18F3N3/c1-10-4-3-5-11(2)21(10)20-13-6-7-14(15(16,17)18)12(8-13)9-19/h6-8,10-11,20H,3-5H2,1-2H3. The summed E-state index contributed by atoms with van der Waals surface area (Å²) in [7, 11) is 0. The van der Waals surface area contributed by atoms with Crippen LogP contribution in [0.4, 0.5) is 18.9 Å². The Morgan fingerprint density at radius 2 is 1.86 bits per heavy atom. The highest BCUT2D eigenvalue weighted by Crippen LogP contribution is 2.33. The number of benzene rings is 1. The number of nitriles is 1. The molecular formula is C15H18F3N3. The average Bonchev–Trinajstić information content (AvgIpc) is 2.41. The number of hydrogen-bond acceptors (Lipinski definition) is 3. The number of nitrogens with one attached hydrogen (secondary N) is 1. The van der Waals surface area contributed by atoms with Gasteiger partial charge in [0, 0.05) is 12.1 Å². The van der Waals surface area contributed by atoms with Crippen molar-refractivity contribution in [2.45, 2.75) is 51.4 Å². The molecule has 0 aromatic heterocycles. The van der Waals surface area contributed by atoms with Gasteiger partial charge in [0.2, 0.25) is 0 Å². The van der Waals surface area contributed by atoms with Crippen LogP contribution >= 0.6 is 0 Å². The third-order valence-corrected chi connectivity index (χ3v) is 3.90. The van der Waals surface area contributed by atoms with Crippen LogP contribution in [0.25, 0.3) is 0 Å². The van der Waals surface area contributed by atoms with Gasteiger partial charge in [0.25, 0.3) is 0 Å². The van der Waals surface area contributed by atoms with Crippen molar-refractivity contribution in [3.63, 3.8) is 0 Å². The molecule has 0 spiro atoms. The molecule has 0 radical (unpaired) electrons. The number of hydrogen-bond donors (Lipinski definition) is 1. The Morgan fingerprint density at radius 1 is 1.24 bits per heavy atom. The van der Waals surface area contributed by atoms with Crippen molar-refractivity contribution in [3.8, 4) is 6.07 Å². The van der Waals surface area contributed by atoms with Crippen molar-refractivity contribution < 1.29 is 13.2 Å². The van der Waals surface area contributed by atoms with Crippen molar-refractivity contribution >= 4 is 5.69 Å². The molecule has 1 aromatic carbocycles. The normalized spacial score (nSPS) is 23.6. The Balaban J connectivity index is 2.24. The molecule has 1 fully saturated rings. The quantitative estimate of drug-likeness (QED) is 0.890. The van der Waals surface area contributed by atoms with E-state index in [0.29, 0.717) is 17.8 Å². The number of nitrogens with zero attached hydrogens (tertiary/aromatic N) is 2. The van der Waals surface area contributed by atoms with Crippen LogP contribution in [0.2, 0.25) is 0 Å². The highest BCUT2D eigenvalue weighted by Gasteiger charge is 2.33. The van der Waals surface area contributed by atoms with Gasteiger partial charge in [-0.05, 0) is 44.9 Å². The molecule has 1 heterocycles. The monoisotopic (exact) mass is 297 g/mol. The van der Waals surface area contributed by atoms with Crippen LogP contribution in [-0.2, 0) is 6.18 Å². The van der Waals surface area contributed by atoms with E-state index in [2.05, 4.69) is 19.3 Å². The molecule has 0 bridgehead atoms. The van der Waals surface area contributed by atoms with Crippen LogP contribution in [0.5, 0.6) is 0 Å². The van der Waals surface area contributed by atoms with Crippen LogP contribution in [0.1, 0.15) is 44.2 Å². The summed E-state index contributed by atoms with van der Waals surface area (Å²) >= 11 is 0. The molecule has 1 aliphatic heterocycles. The lowest BCUT2D eigenvalue weighted by Gasteiger charge is -2.39. The molecule has 6 heteroatoms. The number of rotatable bonds is 2. The maximum Gasteiger partial charge on any atom is 0.417 e. The van der Waals surface area contributed by atoms with Crippen molar-refractivity contribution in [2.24, 2.45) is 0 Å². The van der Waals surface area contributed by atoms with Gasteiger partial charge in [0.1, 0.15) is 0 Å². The third-order valence-electron chi connectivity index (χ3n) is 3.90. The number of alkyl halides is 3. The minimum Gasteiger partial charge on any atom is -0.318 e. The van der Waals surface area contributed by atoms with Crippen LogP contribution in [-0.4, -0.2) is 17.1 Å². The van der Waals surface area contributed by atoms with E-state index in [0.717, 1.165) is 25.3 Å². The summed E-state index contributed by atoms with van der Waals surface area (Å²) in [5, 5.41) is 11.0. The highest BCUT2D eigenvalue weighted by molar-refractivity contribution is 5.53. The van der Waals surface area contributed by atoms with Crippen molar-refractivity contribution in [2.75, 3.05) is 5.43 Å². The summed E-state index contributed by atoms with van der Waals surface area (Å²) in [4.78, 5) is 0. The molecule has 1 saturated heterocycles. The summed E-state index contributed by atoms with van der Waals surface area (Å²) in [6.45, 7) is 4.16. The smallest absolute Gasteiger partial charge is 0.318 e. The van der Waals surface area contributed by atoms with Gasteiger partial charge in [0.15, 0.2) is 0 Å². The van der Waals surface area contributed by atoms with Crippen LogP contribution in [0, 0.1) is 11.3 Å². The van der Waals surface area contributed by atoms with E-state index < -0.39 is 11.7 Å². The number of piperidine rings is 1. The average molecular weight is 297 g/mol. The Kier molecular flexibility index (Phi) is 4.43. The van der Waals surface area contributed by atoms with Gasteiger partial charge in [-0.2, -0.15) is 18.4 Å². The van der Waals surface area contributed by atoms with Crippen molar-refractivity contribution in [3.05, 3.63) is 29.3 Å². The minimum absolute atomic E-state index is 0.307. The summed E-state index contributed by atoms with van der Waals surface area (Å²) in [6.07, 6.45) is -1.27. The molecule has 3 nitrogen and oxygen atoms in total. The first-order valence-electron chi connectivity index (χ1n) is 6.99. The number of hydrazine groups is 1. The summed E-state index contributed by atoms with van der Waals surface area (Å²) < 4.78 is 38.3. The van der Waals surface area contributed by atoms with Gasteiger partial charge in [-0.25, -0.2) is 5.01 Å². The molecule has 0 amide bonds. The summed E-state index contributed by atoms with van der Waals surface area (Å²) in [5.74, 6) is 0. The summed E-state index contributed by atoms with van der Waals surface area (Å²) in [5.41, 5.74) is 2.41. The largest absolute Gasteiger partial charge is 0.417 e. The topological polar surface area (TPSA) is 39.1 Å². The molecule has 114 valence electrons. The van der Waals surface area contributed by atoms with E-state index in [1.165, 1.54) is 12.1 Å². The van der Waals surface area contributed by atoms with Gasteiger partial charge in [-0.1, -0.05) is 6.42 Å². The van der Waals surface area contributed by atoms with Gasteiger partial charge < -0.3 is 5.43 Å². The zero-order valence-electron chi connectivity index (χ0n) is 12.0. The van der Waals surface area contributed by atoms with Gasteiger partial charge >= 0.3 is 6.18 Å². The molecule has 0 saturated carbocycles. The molecular weight excluding hydrogens is 279 g/mol. The maximum absolute atomic E-state index is 12.8. The number of anilines is 1. The Bertz CT molecular complexity index is 538. The van der Waals surface area contributed by atoms with Gasteiger partial charge in [-0.15, -0.1) is 0 Å². The van der Waals surface area contributed by atoms with Crippen molar-refractivity contribution in [1.29, 1.82) is 5.26 Å². The van der Waals surface area contributed by atoms with Gasteiger partial charge in [0.05, 0.1) is 22.9 Å². The van der Waals surface area contributed by atoms with Crippen LogP contribution in [0.15, 0.2) is 18.2 Å². The first-order valence-corrected chi connectivity index (χ1v) is 6.99. The van der Waals surface area contributed by atoms with E-state index in [9.17, 15) is 13.2 Å². The van der Waals surface area contributed by atoms with Gasteiger partial charge in [-0.3, -0.25) is 0 Å². The maximum atomic E-state index is 12.8. The third kappa shape index (κ3) is 3.48. The molecule has 1 aliphatic rings. The van der Waals surface area contributed by atoms with E-state index in [4.69, 9.17) is 5.26 Å². The molecule has 21 heavy (non-hydrogen) atoms. The second kappa shape index (κ2) is 5.94. The fourth-order valence-electron chi connectivity index (χ4n) is 2.74. The second-order valence-corrected chi connectivity index (χ2v) is 5.52. The van der Waals surface area contributed by atoms with E-state index in [1.807, 2.05) is 5.01 Å². The van der Waals surface area contributed by atoms with Crippen molar-refractivity contribution in [1.82, 2.24) is 5.01 Å². The highest BCUT2D eigenvalue weighted by atomic mass is 19.4. The van der Waals surface area contributed by atoms with Crippen LogP contribution in [0.3, 0.4) is 0 Å².